The van der Waals surface area contributed by atoms with Gasteiger partial charge in [0.1, 0.15) is 0 Å². The molecular formula is C32H38O3S. The van der Waals surface area contributed by atoms with Gasteiger partial charge in [-0.3, -0.25) is 9.59 Å². The van der Waals surface area contributed by atoms with Crippen LogP contribution in [0.25, 0.3) is 11.1 Å². The molecule has 3 nitrogen and oxygen atoms in total. The van der Waals surface area contributed by atoms with Gasteiger partial charge in [-0.05, 0) is 55.5 Å². The molecule has 3 aromatic rings. The van der Waals surface area contributed by atoms with Gasteiger partial charge < -0.3 is 5.11 Å². The number of aliphatic carboxylic acids is 1. The Labute approximate surface area is 220 Å². The molecule has 0 aromatic heterocycles. The fourth-order valence-electron chi connectivity index (χ4n) is 4.51. The van der Waals surface area contributed by atoms with E-state index in [0.717, 1.165) is 6.42 Å². The molecule has 0 fully saturated rings. The lowest BCUT2D eigenvalue weighted by Gasteiger charge is -2.18. The monoisotopic (exact) mass is 502 g/mol. The van der Waals surface area contributed by atoms with Crippen LogP contribution in [-0.4, -0.2) is 16.9 Å². The average Bonchev–Trinajstić information content (AvgIpc) is 2.85. The Morgan fingerprint density at radius 2 is 1.44 bits per heavy atom. The van der Waals surface area contributed by atoms with Crippen molar-refractivity contribution in [3.63, 3.8) is 0 Å². The van der Waals surface area contributed by atoms with Crippen LogP contribution in [0, 0.1) is 13.8 Å². The van der Waals surface area contributed by atoms with Gasteiger partial charge in [0, 0.05) is 28.6 Å². The molecule has 0 spiro atoms. The average molecular weight is 503 g/mol. The van der Waals surface area contributed by atoms with E-state index in [1.807, 2.05) is 23.9 Å². The van der Waals surface area contributed by atoms with Crippen molar-refractivity contribution < 1.29 is 14.7 Å². The molecule has 0 saturated heterocycles. The van der Waals surface area contributed by atoms with E-state index >= 15 is 0 Å². The maximum Gasteiger partial charge on any atom is 0.303 e. The van der Waals surface area contributed by atoms with Gasteiger partial charge in [0.2, 0.25) is 0 Å². The first-order chi connectivity index (χ1) is 17.4. The van der Waals surface area contributed by atoms with Crippen LogP contribution in [0.1, 0.15) is 90.6 Å². The number of unbranched alkanes of at least 4 members (excludes halogenated alkanes) is 3. The topological polar surface area (TPSA) is 54.4 Å². The standard InChI is InChI=1S/C32H38O3S/c1-4-5-6-7-10-31(27-14-12-26(13-15-27)30(33)9-8-11-32(34)35)36-29-18-16-25(17-19-29)28-21-23(2)20-24(3)22-28/h12-22,31H,4-11H2,1-3H3,(H,34,35). The molecule has 0 heterocycles. The summed E-state index contributed by atoms with van der Waals surface area (Å²) in [5.74, 6) is -0.847. The number of carboxylic acid groups (broad SMARTS) is 1. The summed E-state index contributed by atoms with van der Waals surface area (Å²) in [5.41, 5.74) is 6.94. The summed E-state index contributed by atoms with van der Waals surface area (Å²) in [4.78, 5) is 24.4. The Kier molecular flexibility index (Phi) is 10.8. The predicted molar refractivity (Wildman–Crippen MR) is 151 cm³/mol. The maximum atomic E-state index is 12.4. The zero-order valence-corrected chi connectivity index (χ0v) is 22.6. The van der Waals surface area contributed by atoms with Crippen molar-refractivity contribution in [2.75, 3.05) is 0 Å². The molecular weight excluding hydrogens is 464 g/mol. The van der Waals surface area contributed by atoms with Crippen LogP contribution in [-0.2, 0) is 4.79 Å². The second kappa shape index (κ2) is 14.0. The third kappa shape index (κ3) is 8.67. The van der Waals surface area contributed by atoms with Gasteiger partial charge in [-0.2, -0.15) is 0 Å². The van der Waals surface area contributed by atoms with Gasteiger partial charge in [0.25, 0.3) is 0 Å². The van der Waals surface area contributed by atoms with E-state index < -0.39 is 5.97 Å². The largest absolute Gasteiger partial charge is 0.481 e. The summed E-state index contributed by atoms with van der Waals surface area (Å²) >= 11 is 1.89. The molecule has 0 bridgehead atoms. The summed E-state index contributed by atoms with van der Waals surface area (Å²) < 4.78 is 0. The first-order valence-electron chi connectivity index (χ1n) is 13.1. The van der Waals surface area contributed by atoms with E-state index in [4.69, 9.17) is 5.11 Å². The van der Waals surface area contributed by atoms with Crippen LogP contribution in [0.2, 0.25) is 0 Å². The van der Waals surface area contributed by atoms with Gasteiger partial charge in [-0.25, -0.2) is 0 Å². The Bertz CT molecular complexity index is 1110. The summed E-state index contributed by atoms with van der Waals surface area (Å²) in [6.45, 7) is 6.51. The smallest absolute Gasteiger partial charge is 0.303 e. The number of rotatable bonds is 14. The second-order valence-corrected chi connectivity index (χ2v) is 10.9. The number of aryl methyl sites for hydroxylation is 2. The molecule has 3 rings (SSSR count). The fraction of sp³-hybridized carbons (Fsp3) is 0.375. The summed E-state index contributed by atoms with van der Waals surface area (Å²) in [5, 5.41) is 9.13. The van der Waals surface area contributed by atoms with Crippen LogP contribution in [0.3, 0.4) is 0 Å². The SMILES string of the molecule is CCCCCCC(Sc1ccc(-c2cc(C)cc(C)c2)cc1)c1ccc(C(=O)CCCC(=O)O)cc1. The molecule has 36 heavy (non-hydrogen) atoms. The van der Waals surface area contributed by atoms with Gasteiger partial charge in [0.05, 0.1) is 0 Å². The molecule has 3 aromatic carbocycles. The third-order valence-electron chi connectivity index (χ3n) is 6.41. The Morgan fingerprint density at radius 3 is 2.06 bits per heavy atom. The number of ketones is 1. The minimum absolute atomic E-state index is 0.0110. The van der Waals surface area contributed by atoms with Crippen LogP contribution in [0.4, 0.5) is 0 Å². The summed E-state index contributed by atoms with van der Waals surface area (Å²) in [6, 6.07) is 23.5. The zero-order valence-electron chi connectivity index (χ0n) is 21.8. The van der Waals surface area contributed by atoms with Gasteiger partial charge in [-0.15, -0.1) is 11.8 Å². The quantitative estimate of drug-likeness (QED) is 0.136. The molecule has 1 N–H and O–H groups in total. The summed E-state index contributed by atoms with van der Waals surface area (Å²) in [7, 11) is 0. The van der Waals surface area contributed by atoms with E-state index in [9.17, 15) is 9.59 Å². The number of Topliss-reactive ketones (excluding diaryl/α,β-unsaturated/α-hetero) is 1. The van der Waals surface area contributed by atoms with E-state index in [2.05, 4.69) is 75.4 Å². The molecule has 0 saturated carbocycles. The number of hydrogen-bond acceptors (Lipinski definition) is 3. The van der Waals surface area contributed by atoms with E-state index in [1.54, 1.807) is 0 Å². The van der Waals surface area contributed by atoms with E-state index in [-0.39, 0.29) is 18.6 Å². The lowest BCUT2D eigenvalue weighted by Crippen LogP contribution is -2.02. The normalized spacial score (nSPS) is 11.9. The van der Waals surface area contributed by atoms with Gasteiger partial charge in [0.15, 0.2) is 5.78 Å². The highest BCUT2D eigenvalue weighted by atomic mass is 32.2. The van der Waals surface area contributed by atoms with Crippen LogP contribution >= 0.6 is 11.8 Å². The molecule has 0 aliphatic heterocycles. The van der Waals surface area contributed by atoms with Crippen molar-refractivity contribution in [3.05, 3.63) is 89.0 Å². The van der Waals surface area contributed by atoms with Crippen molar-refractivity contribution in [1.29, 1.82) is 0 Å². The minimum Gasteiger partial charge on any atom is -0.481 e. The highest BCUT2D eigenvalue weighted by molar-refractivity contribution is 7.99. The number of hydrogen-bond donors (Lipinski definition) is 1. The van der Waals surface area contributed by atoms with E-state index in [0.29, 0.717) is 17.2 Å². The highest BCUT2D eigenvalue weighted by Gasteiger charge is 2.15. The Hall–Kier alpha value is -2.85. The molecule has 1 unspecified atom stereocenters. The Balaban J connectivity index is 1.71. The number of carboxylic acids is 1. The molecule has 0 amide bonds. The Morgan fingerprint density at radius 1 is 0.778 bits per heavy atom. The minimum atomic E-state index is -0.858. The van der Waals surface area contributed by atoms with Gasteiger partial charge in [-0.1, -0.05) is 98.3 Å². The van der Waals surface area contributed by atoms with Crippen LogP contribution in [0.5, 0.6) is 0 Å². The molecule has 0 aliphatic rings. The van der Waals surface area contributed by atoms with Crippen molar-refractivity contribution in [1.82, 2.24) is 0 Å². The maximum absolute atomic E-state index is 12.4. The van der Waals surface area contributed by atoms with Crippen molar-refractivity contribution >= 4 is 23.5 Å². The highest BCUT2D eigenvalue weighted by Crippen LogP contribution is 2.40. The third-order valence-corrected chi connectivity index (χ3v) is 7.74. The lowest BCUT2D eigenvalue weighted by atomic mass is 10.0. The summed E-state index contributed by atoms with van der Waals surface area (Å²) in [6.07, 6.45) is 6.67. The van der Waals surface area contributed by atoms with Crippen molar-refractivity contribution in [3.8, 4) is 11.1 Å². The predicted octanol–water partition coefficient (Wildman–Crippen LogP) is 9.21. The molecule has 4 heteroatoms. The van der Waals surface area contributed by atoms with E-state index in [1.165, 1.54) is 58.4 Å². The van der Waals surface area contributed by atoms with Crippen molar-refractivity contribution in [2.45, 2.75) is 82.3 Å². The molecule has 190 valence electrons. The van der Waals surface area contributed by atoms with Gasteiger partial charge >= 0.3 is 5.97 Å². The molecule has 0 aliphatic carbocycles. The molecule has 1 atom stereocenters. The zero-order chi connectivity index (χ0) is 25.9. The molecule has 0 radical (unpaired) electrons. The first-order valence-corrected chi connectivity index (χ1v) is 13.9. The number of carbonyl (C=O) groups excluding carboxylic acids is 1. The number of thioether (sulfide) groups is 1. The van der Waals surface area contributed by atoms with Crippen LogP contribution < -0.4 is 0 Å². The number of benzene rings is 3. The van der Waals surface area contributed by atoms with Crippen molar-refractivity contribution in [2.24, 2.45) is 0 Å². The lowest BCUT2D eigenvalue weighted by molar-refractivity contribution is -0.137. The number of carbonyl (C=O) groups is 2. The fourth-order valence-corrected chi connectivity index (χ4v) is 5.71. The second-order valence-electron chi connectivity index (χ2n) is 9.65. The van der Waals surface area contributed by atoms with Crippen LogP contribution in [0.15, 0.2) is 71.6 Å². The first kappa shape index (κ1) is 27.7.